The molecule has 1 aromatic carbocycles. The standard InChI is InChI=1S/C57H97N11O12/c1-35(2)28-42(58-12)49(72)61-48(55(78)68-26-22-19-23-27-68)51(74)62-56(79)64(14)38(7)52(75)66(16)44(31-40-24-20-18-21-25-40)53(76)65(15)43(29-36(3)4)50(73)60-47(39(8)70)54(77)63(13)32-46(71)67(17)45(30-37(5)6)59-41(33-69)34-80-57(9,10)11/h18,20-21,24-25,33,35-39,41-45,47-48,58-59,70H,19,22-23,26-32,34H2,1-17H3,(H,60,73)(H,61,72)(H,62,74,79)/t38-,39+,41+,42-,43-,44-,45-,47-,48-/m0/s1. The van der Waals surface area contributed by atoms with Gasteiger partial charge < -0.3 is 60.0 Å². The Kier molecular flexibility index (Phi) is 28.9. The fraction of sp³-hybridized carbons (Fsp3) is 0.719. The van der Waals surface area contributed by atoms with Gasteiger partial charge in [-0.2, -0.15) is 0 Å². The van der Waals surface area contributed by atoms with Gasteiger partial charge >= 0.3 is 6.03 Å². The Morgan fingerprint density at radius 2 is 1.25 bits per heavy atom. The summed E-state index contributed by atoms with van der Waals surface area (Å²) in [5.74, 6) is -5.84. The van der Waals surface area contributed by atoms with Crippen LogP contribution in [0.1, 0.15) is 120 Å². The van der Waals surface area contributed by atoms with Crippen LogP contribution >= 0.6 is 0 Å². The van der Waals surface area contributed by atoms with Gasteiger partial charge in [0.05, 0.1) is 43.1 Å². The van der Waals surface area contributed by atoms with Crippen molar-refractivity contribution in [2.75, 3.05) is 68.5 Å². The summed E-state index contributed by atoms with van der Waals surface area (Å²) in [4.78, 5) is 146. The van der Waals surface area contributed by atoms with Crippen molar-refractivity contribution in [2.45, 2.75) is 181 Å². The van der Waals surface area contributed by atoms with Crippen molar-refractivity contribution in [3.8, 4) is 0 Å². The Bertz CT molecular complexity index is 2220. The van der Waals surface area contributed by atoms with Crippen molar-refractivity contribution in [1.82, 2.24) is 56.0 Å². The number of nitrogens with zero attached hydrogens (tertiary/aromatic N) is 6. The predicted octanol–water partition coefficient (Wildman–Crippen LogP) is 1.74. The molecule has 0 bridgehead atoms. The van der Waals surface area contributed by atoms with E-state index in [0.717, 1.165) is 21.1 Å². The van der Waals surface area contributed by atoms with Gasteiger partial charge in [-0.05, 0) is 104 Å². The number of nitrogens with one attached hydrogen (secondary N) is 5. The average Bonchev–Trinajstić information content (AvgIpc) is 3.41. The zero-order valence-electron chi connectivity index (χ0n) is 50.8. The number of rotatable bonds is 30. The van der Waals surface area contributed by atoms with Gasteiger partial charge in [0, 0.05) is 54.7 Å². The lowest BCUT2D eigenvalue weighted by Crippen LogP contribution is -2.62. The number of aldehydes is 1. The molecule has 0 spiro atoms. The van der Waals surface area contributed by atoms with Crippen LogP contribution in [0.4, 0.5) is 4.79 Å². The summed E-state index contributed by atoms with van der Waals surface area (Å²) in [5.41, 5.74) is 0.140. The van der Waals surface area contributed by atoms with Gasteiger partial charge in [-0.1, -0.05) is 71.9 Å². The minimum atomic E-state index is -1.75. The largest absolute Gasteiger partial charge is 0.391 e. The van der Waals surface area contributed by atoms with Crippen molar-refractivity contribution < 1.29 is 57.8 Å². The first kappa shape index (κ1) is 70.1. The van der Waals surface area contributed by atoms with Gasteiger partial charge in [-0.25, -0.2) is 4.79 Å². The lowest BCUT2D eigenvalue weighted by Gasteiger charge is -2.37. The Morgan fingerprint density at radius 1 is 0.688 bits per heavy atom. The summed E-state index contributed by atoms with van der Waals surface area (Å²) in [6.45, 7) is 20.1. The number of aliphatic hydroxyl groups excluding tert-OH is 1. The molecule has 23 heteroatoms. The number of hydrogen-bond acceptors (Lipinski definition) is 14. The van der Waals surface area contributed by atoms with Crippen LogP contribution in [0.25, 0.3) is 0 Å². The van der Waals surface area contributed by atoms with E-state index in [2.05, 4.69) is 26.6 Å². The van der Waals surface area contributed by atoms with E-state index in [1.54, 1.807) is 44.4 Å². The molecule has 1 aliphatic heterocycles. The Hall–Kier alpha value is -6.04. The highest BCUT2D eigenvalue weighted by Crippen LogP contribution is 2.20. The molecule has 1 fully saturated rings. The molecule has 1 saturated heterocycles. The molecule has 452 valence electrons. The summed E-state index contributed by atoms with van der Waals surface area (Å²) < 4.78 is 5.82. The molecule has 80 heavy (non-hydrogen) atoms. The third kappa shape index (κ3) is 22.1. The van der Waals surface area contributed by atoms with Crippen LogP contribution in [0.5, 0.6) is 0 Å². The normalized spacial score (nSPS) is 16.2. The monoisotopic (exact) mass is 1130 g/mol. The number of benzene rings is 1. The quantitative estimate of drug-likeness (QED) is 0.0364. The summed E-state index contributed by atoms with van der Waals surface area (Å²) in [5, 5.41) is 24.5. The summed E-state index contributed by atoms with van der Waals surface area (Å²) in [6.07, 6.45) is 1.85. The third-order valence-corrected chi connectivity index (χ3v) is 14.1. The molecule has 1 aliphatic rings. The highest BCUT2D eigenvalue weighted by atomic mass is 16.5. The van der Waals surface area contributed by atoms with E-state index < -0.39 is 120 Å². The summed E-state index contributed by atoms with van der Waals surface area (Å²) in [7, 11) is 8.54. The first-order valence-corrected chi connectivity index (χ1v) is 28.0. The van der Waals surface area contributed by atoms with Gasteiger partial charge in [-0.15, -0.1) is 0 Å². The smallest absolute Gasteiger partial charge is 0.324 e. The van der Waals surface area contributed by atoms with Gasteiger partial charge in [0.15, 0.2) is 6.04 Å². The average molecular weight is 1130 g/mol. The number of hydrogen-bond donors (Lipinski definition) is 6. The first-order chi connectivity index (χ1) is 37.3. The minimum absolute atomic E-state index is 0.0378. The topological polar surface area (TPSA) is 280 Å². The molecule has 0 aromatic heterocycles. The summed E-state index contributed by atoms with van der Waals surface area (Å²) >= 11 is 0. The van der Waals surface area contributed by atoms with E-state index in [1.165, 1.54) is 56.7 Å². The summed E-state index contributed by atoms with van der Waals surface area (Å²) in [6, 6.07) is -0.865. The first-order valence-electron chi connectivity index (χ1n) is 28.0. The number of carbonyl (C=O) groups is 10. The molecule has 0 radical (unpaired) electrons. The Labute approximate surface area is 475 Å². The number of piperidine rings is 1. The number of urea groups is 1. The Balaban J connectivity index is 2.42. The van der Waals surface area contributed by atoms with Gasteiger partial charge in [0.2, 0.25) is 35.4 Å². The number of imide groups is 1. The van der Waals surface area contributed by atoms with Crippen LogP contribution < -0.4 is 26.6 Å². The van der Waals surface area contributed by atoms with Gasteiger partial charge in [-0.3, -0.25) is 49.0 Å². The SMILES string of the molecule is CN[C@@H](CC(C)C)C(=O)N[C@@H](C(=O)NC(=O)N(C)[C@@H](C)C(=O)N(C)[C@@H](Cc1ccccc1)C(=O)N(C)[C@@H](CC(C)C)C(=O)N[C@H](C(=O)N(C)CC(=O)N(C)[C@@H](CC(C)C)N[C@H](C=O)COC(C)(C)C)[C@@H](C)O)C(=O)N1CCCCC1. The van der Waals surface area contributed by atoms with Crippen LogP contribution in [0.2, 0.25) is 0 Å². The van der Waals surface area contributed by atoms with Crippen molar-refractivity contribution in [3.63, 3.8) is 0 Å². The predicted molar refractivity (Wildman–Crippen MR) is 304 cm³/mol. The molecule has 0 aliphatic carbocycles. The molecule has 2 rings (SSSR count). The van der Waals surface area contributed by atoms with E-state index in [0.29, 0.717) is 50.6 Å². The number of ether oxygens (including phenoxy) is 1. The molecule has 0 saturated carbocycles. The fourth-order valence-corrected chi connectivity index (χ4v) is 9.11. The van der Waals surface area contributed by atoms with Crippen LogP contribution in [0.3, 0.4) is 0 Å². The van der Waals surface area contributed by atoms with E-state index in [4.69, 9.17) is 4.74 Å². The van der Waals surface area contributed by atoms with Crippen molar-refractivity contribution in [2.24, 2.45) is 17.8 Å². The number of aliphatic hydroxyl groups is 1. The number of amides is 10. The van der Waals surface area contributed by atoms with Gasteiger partial charge in [0.1, 0.15) is 30.5 Å². The highest BCUT2D eigenvalue weighted by Gasteiger charge is 2.41. The number of carbonyl (C=O) groups excluding carboxylic acids is 10. The maximum absolute atomic E-state index is 15.0. The maximum Gasteiger partial charge on any atom is 0.324 e. The third-order valence-electron chi connectivity index (χ3n) is 14.1. The molecule has 10 amide bonds. The molecule has 0 unspecified atom stereocenters. The minimum Gasteiger partial charge on any atom is -0.391 e. The van der Waals surface area contributed by atoms with Crippen molar-refractivity contribution in [1.29, 1.82) is 0 Å². The van der Waals surface area contributed by atoms with Crippen molar-refractivity contribution >= 4 is 59.6 Å². The molecule has 1 heterocycles. The fourth-order valence-electron chi connectivity index (χ4n) is 9.11. The van der Waals surface area contributed by atoms with E-state index in [1.807, 2.05) is 62.3 Å². The number of likely N-dealkylation sites (N-methyl/N-ethyl adjacent to an activating group) is 6. The maximum atomic E-state index is 15.0. The lowest BCUT2D eigenvalue weighted by molar-refractivity contribution is -0.150. The zero-order valence-corrected chi connectivity index (χ0v) is 50.8. The molecular formula is C57H97N11O12. The Morgan fingerprint density at radius 3 is 1.76 bits per heavy atom. The molecule has 23 nitrogen and oxygen atoms in total. The lowest BCUT2D eigenvalue weighted by atomic mass is 9.98. The van der Waals surface area contributed by atoms with Crippen LogP contribution in [-0.2, 0) is 54.3 Å². The highest BCUT2D eigenvalue weighted by molar-refractivity contribution is 6.12. The van der Waals surface area contributed by atoms with E-state index in [9.17, 15) is 53.1 Å². The number of likely N-dealkylation sites (tertiary alicyclic amines) is 1. The second-order valence-corrected chi connectivity index (χ2v) is 23.5. The second-order valence-electron chi connectivity index (χ2n) is 23.5. The molecule has 6 N–H and O–H groups in total. The van der Waals surface area contributed by atoms with Crippen LogP contribution in [0.15, 0.2) is 30.3 Å². The second kappa shape index (κ2) is 33.0. The van der Waals surface area contributed by atoms with Gasteiger partial charge in [0.25, 0.3) is 11.8 Å². The molecule has 9 atom stereocenters. The molecule has 1 aromatic rings. The molecular weight excluding hydrogens is 1030 g/mol. The van der Waals surface area contributed by atoms with E-state index >= 15 is 0 Å². The van der Waals surface area contributed by atoms with Crippen molar-refractivity contribution in [3.05, 3.63) is 35.9 Å². The zero-order chi connectivity index (χ0) is 60.9. The van der Waals surface area contributed by atoms with Crippen LogP contribution in [0, 0.1) is 17.8 Å². The van der Waals surface area contributed by atoms with E-state index in [-0.39, 0.29) is 37.2 Å². The van der Waals surface area contributed by atoms with Crippen LogP contribution in [-0.4, -0.2) is 223 Å².